The molecule has 122 valence electrons. The van der Waals surface area contributed by atoms with Crippen LogP contribution in [0.25, 0.3) is 0 Å². The van der Waals surface area contributed by atoms with E-state index < -0.39 is 8.32 Å². The molecule has 0 aromatic heterocycles. The Bertz CT molecular complexity index is 383. The third kappa shape index (κ3) is 5.21. The summed E-state index contributed by atoms with van der Waals surface area (Å²) in [5.41, 5.74) is 0.409. The van der Waals surface area contributed by atoms with E-state index >= 15 is 0 Å². The lowest BCUT2D eigenvalue weighted by molar-refractivity contribution is -0.123. The second-order valence-electron chi connectivity index (χ2n) is 9.19. The lowest BCUT2D eigenvalue weighted by Crippen LogP contribution is -2.38. The van der Waals surface area contributed by atoms with Gasteiger partial charge in [-0.1, -0.05) is 0 Å². The van der Waals surface area contributed by atoms with E-state index in [9.17, 15) is 4.79 Å². The Hall–Kier alpha value is -0.153. The van der Waals surface area contributed by atoms with E-state index in [1.807, 2.05) is 0 Å². The summed E-state index contributed by atoms with van der Waals surface area (Å²) in [4.78, 5) is 11.8. The molecule has 21 heavy (non-hydrogen) atoms. The molecule has 2 fully saturated rings. The molecule has 0 amide bonds. The van der Waals surface area contributed by atoms with Gasteiger partial charge in [0.05, 0.1) is 5.60 Å². The minimum Gasteiger partial charge on any atom is -0.413 e. The van der Waals surface area contributed by atoms with Gasteiger partial charge in [0.15, 0.2) is 8.32 Å². The van der Waals surface area contributed by atoms with Crippen LogP contribution < -0.4 is 0 Å². The molecule has 2 aliphatic rings. The van der Waals surface area contributed by atoms with Crippen LogP contribution in [0, 0.1) is 11.3 Å². The largest absolute Gasteiger partial charge is 0.413 e. The highest BCUT2D eigenvalue weighted by Gasteiger charge is 2.42. The Morgan fingerprint density at radius 2 is 2.00 bits per heavy atom. The van der Waals surface area contributed by atoms with Gasteiger partial charge in [-0.15, -0.1) is 0 Å². The highest BCUT2D eigenvalue weighted by Crippen LogP contribution is 2.51. The maximum Gasteiger partial charge on any atom is 0.184 e. The Kier molecular flexibility index (Phi) is 5.04. The summed E-state index contributed by atoms with van der Waals surface area (Å²) in [5.74, 6) is 1.34. The summed E-state index contributed by atoms with van der Waals surface area (Å²) >= 11 is 0. The van der Waals surface area contributed by atoms with Crippen LogP contribution in [0.1, 0.15) is 71.6 Å². The number of carbonyl (C=O) groups excluding carboxylic acids is 1. The summed E-state index contributed by atoms with van der Waals surface area (Å²) in [7, 11) is -1.46. The molecule has 2 aliphatic carbocycles. The fraction of sp³-hybridized carbons (Fsp3) is 0.944. The second-order valence-corrected chi connectivity index (χ2v) is 13.6. The van der Waals surface area contributed by atoms with Gasteiger partial charge in [-0.05, 0) is 89.8 Å². The van der Waals surface area contributed by atoms with Crippen LogP contribution in [-0.4, -0.2) is 19.7 Å². The Balaban J connectivity index is 1.81. The molecule has 2 atom stereocenters. The first-order valence-electron chi connectivity index (χ1n) is 8.81. The fourth-order valence-corrected chi connectivity index (χ4v) is 6.41. The van der Waals surface area contributed by atoms with Crippen molar-refractivity contribution in [2.45, 2.75) is 96.9 Å². The van der Waals surface area contributed by atoms with E-state index in [1.165, 1.54) is 32.1 Å². The molecular formula is C18H34O2Si. The molecule has 0 aromatic rings. The highest BCUT2D eigenvalue weighted by atomic mass is 28.4. The van der Waals surface area contributed by atoms with Crippen molar-refractivity contribution in [3.05, 3.63) is 0 Å². The highest BCUT2D eigenvalue weighted by molar-refractivity contribution is 6.69. The fourth-order valence-electron chi connectivity index (χ4n) is 4.65. The first kappa shape index (κ1) is 17.2. The van der Waals surface area contributed by atoms with Crippen LogP contribution in [0.15, 0.2) is 0 Å². The van der Waals surface area contributed by atoms with Crippen LogP contribution in [0.5, 0.6) is 0 Å². The van der Waals surface area contributed by atoms with E-state index in [4.69, 9.17) is 4.43 Å². The standard InChI is InChI=1S/C18H34O2Si/c1-17(2,20-21(3,4)5)11-8-15-9-12-18(13-15)10-6-7-16(19)14-18/h15H,6-14H2,1-5H3/t15?,18-/m1/s1. The molecule has 0 heterocycles. The minimum atomic E-state index is -1.46. The smallest absolute Gasteiger partial charge is 0.184 e. The van der Waals surface area contributed by atoms with Crippen molar-refractivity contribution in [2.75, 3.05) is 0 Å². The maximum atomic E-state index is 11.8. The third-order valence-corrected chi connectivity index (χ3v) is 6.44. The molecule has 0 saturated heterocycles. The first-order valence-corrected chi connectivity index (χ1v) is 12.2. The van der Waals surface area contributed by atoms with Gasteiger partial charge in [0.25, 0.3) is 0 Å². The monoisotopic (exact) mass is 310 g/mol. The lowest BCUT2D eigenvalue weighted by atomic mass is 9.71. The van der Waals surface area contributed by atoms with Crippen molar-refractivity contribution in [2.24, 2.45) is 11.3 Å². The van der Waals surface area contributed by atoms with Crippen molar-refractivity contribution < 1.29 is 9.22 Å². The van der Waals surface area contributed by atoms with Crippen molar-refractivity contribution in [1.82, 2.24) is 0 Å². The van der Waals surface area contributed by atoms with Crippen LogP contribution in [0.2, 0.25) is 19.6 Å². The Morgan fingerprint density at radius 3 is 2.62 bits per heavy atom. The van der Waals surface area contributed by atoms with Gasteiger partial charge in [-0.2, -0.15) is 0 Å². The van der Waals surface area contributed by atoms with E-state index in [0.29, 0.717) is 11.2 Å². The van der Waals surface area contributed by atoms with Crippen LogP contribution in [0.3, 0.4) is 0 Å². The molecule has 1 unspecified atom stereocenters. The summed E-state index contributed by atoms with van der Waals surface area (Å²) < 4.78 is 6.32. The van der Waals surface area contributed by atoms with Crippen LogP contribution in [0.4, 0.5) is 0 Å². The van der Waals surface area contributed by atoms with Gasteiger partial charge < -0.3 is 4.43 Å². The molecule has 0 N–H and O–H groups in total. The maximum absolute atomic E-state index is 11.8. The first-order chi connectivity index (χ1) is 9.59. The van der Waals surface area contributed by atoms with Gasteiger partial charge in [0.2, 0.25) is 0 Å². The number of hydrogen-bond acceptors (Lipinski definition) is 2. The van der Waals surface area contributed by atoms with Crippen LogP contribution >= 0.6 is 0 Å². The van der Waals surface area contributed by atoms with Crippen molar-refractivity contribution >= 4 is 14.1 Å². The number of Topliss-reactive ketones (excluding diaryl/α,β-unsaturated/α-hetero) is 1. The summed E-state index contributed by atoms with van der Waals surface area (Å²) in [6.07, 6.45) is 10.5. The molecule has 1 spiro atoms. The van der Waals surface area contributed by atoms with E-state index in [-0.39, 0.29) is 5.60 Å². The lowest BCUT2D eigenvalue weighted by Gasteiger charge is -2.35. The SMILES string of the molecule is CC(C)(CCC1CC[C@]2(CCCC(=O)C2)C1)O[Si](C)(C)C. The van der Waals surface area contributed by atoms with Crippen molar-refractivity contribution in [3.8, 4) is 0 Å². The summed E-state index contributed by atoms with van der Waals surface area (Å²) in [6, 6.07) is 0. The average Bonchev–Trinajstić information content (AvgIpc) is 2.66. The van der Waals surface area contributed by atoms with Crippen LogP contribution in [-0.2, 0) is 9.22 Å². The quantitative estimate of drug-likeness (QED) is 0.642. The molecule has 3 heteroatoms. The molecule has 0 aliphatic heterocycles. The normalized spacial score (nSPS) is 31.1. The zero-order valence-corrected chi connectivity index (χ0v) is 15.8. The van der Waals surface area contributed by atoms with Gasteiger partial charge in [-0.25, -0.2) is 0 Å². The van der Waals surface area contributed by atoms with E-state index in [0.717, 1.165) is 31.6 Å². The van der Waals surface area contributed by atoms with Crippen molar-refractivity contribution in [3.63, 3.8) is 0 Å². The van der Waals surface area contributed by atoms with Gasteiger partial charge in [0, 0.05) is 12.8 Å². The molecule has 0 radical (unpaired) electrons. The van der Waals surface area contributed by atoms with E-state index in [2.05, 4.69) is 33.5 Å². The van der Waals surface area contributed by atoms with Gasteiger partial charge in [0.1, 0.15) is 5.78 Å². The topological polar surface area (TPSA) is 26.3 Å². The number of ketones is 1. The molecule has 2 rings (SSSR count). The molecule has 2 nitrogen and oxygen atoms in total. The zero-order valence-electron chi connectivity index (χ0n) is 14.8. The Morgan fingerprint density at radius 1 is 1.29 bits per heavy atom. The van der Waals surface area contributed by atoms with Gasteiger partial charge >= 0.3 is 0 Å². The predicted molar refractivity (Wildman–Crippen MR) is 91.0 cm³/mol. The average molecular weight is 311 g/mol. The summed E-state index contributed by atoms with van der Waals surface area (Å²) in [5, 5.41) is 0. The number of rotatable bonds is 5. The molecule has 2 saturated carbocycles. The zero-order chi connectivity index (χ0) is 15.7. The van der Waals surface area contributed by atoms with Gasteiger partial charge in [-0.3, -0.25) is 4.79 Å². The predicted octanol–water partition coefficient (Wildman–Crippen LogP) is 5.33. The third-order valence-electron chi connectivity index (χ3n) is 5.28. The molecule has 0 bridgehead atoms. The number of carbonyl (C=O) groups is 1. The minimum absolute atomic E-state index is 0.0165. The van der Waals surface area contributed by atoms with E-state index in [1.54, 1.807) is 0 Å². The Labute approximate surface area is 132 Å². The number of hydrogen-bond donors (Lipinski definition) is 0. The second kappa shape index (κ2) is 6.15. The molecular weight excluding hydrogens is 276 g/mol. The summed E-state index contributed by atoms with van der Waals surface area (Å²) in [6.45, 7) is 11.3. The van der Waals surface area contributed by atoms with Crippen molar-refractivity contribution in [1.29, 1.82) is 0 Å². The molecule has 0 aromatic carbocycles.